The van der Waals surface area contributed by atoms with Crippen LogP contribution in [0.1, 0.15) is 10.4 Å². The van der Waals surface area contributed by atoms with Gasteiger partial charge in [0.2, 0.25) is 0 Å². The van der Waals surface area contributed by atoms with Gasteiger partial charge in [0.1, 0.15) is 0 Å². The number of anilines is 1. The lowest BCUT2D eigenvalue weighted by atomic mass is 10.2. The summed E-state index contributed by atoms with van der Waals surface area (Å²) in [6.45, 7) is -0.337. The summed E-state index contributed by atoms with van der Waals surface area (Å²) in [5, 5.41) is 2.64. The molecule has 0 aliphatic rings. The third kappa shape index (κ3) is 4.68. The zero-order chi connectivity index (χ0) is 15.2. The van der Waals surface area contributed by atoms with Crippen LogP contribution in [0.3, 0.4) is 0 Å². The first-order valence-electron chi connectivity index (χ1n) is 6.03. The van der Waals surface area contributed by atoms with E-state index in [1.807, 2.05) is 12.1 Å². The van der Waals surface area contributed by atoms with E-state index in [1.165, 1.54) is 0 Å². The Morgan fingerprint density at radius 3 is 2.33 bits per heavy atom. The van der Waals surface area contributed by atoms with Gasteiger partial charge in [-0.3, -0.25) is 4.79 Å². The van der Waals surface area contributed by atoms with Gasteiger partial charge in [-0.1, -0.05) is 28.1 Å². The van der Waals surface area contributed by atoms with Crippen LogP contribution in [0.4, 0.5) is 5.69 Å². The first-order chi connectivity index (χ1) is 10.1. The monoisotopic (exact) mass is 411 g/mol. The molecule has 0 fully saturated rings. The lowest BCUT2D eigenvalue weighted by Gasteiger charge is -2.07. The molecule has 1 amide bonds. The minimum atomic E-state index is -0.548. The summed E-state index contributed by atoms with van der Waals surface area (Å²) in [6.07, 6.45) is 0. The van der Waals surface area contributed by atoms with E-state index < -0.39 is 11.9 Å². The second kappa shape index (κ2) is 7.38. The Labute approximate surface area is 138 Å². The Balaban J connectivity index is 1.88. The third-order valence-electron chi connectivity index (χ3n) is 2.56. The van der Waals surface area contributed by atoms with Gasteiger partial charge in [-0.2, -0.15) is 0 Å². The second-order valence-electron chi connectivity index (χ2n) is 4.11. The van der Waals surface area contributed by atoms with Crippen molar-refractivity contribution in [2.75, 3.05) is 11.9 Å². The molecule has 0 saturated carbocycles. The van der Waals surface area contributed by atoms with E-state index >= 15 is 0 Å². The van der Waals surface area contributed by atoms with Gasteiger partial charge in [0.25, 0.3) is 5.91 Å². The molecular formula is C15H11Br2NO3. The van der Waals surface area contributed by atoms with Crippen LogP contribution in [0.25, 0.3) is 0 Å². The van der Waals surface area contributed by atoms with Crippen molar-refractivity contribution in [2.45, 2.75) is 0 Å². The smallest absolute Gasteiger partial charge is 0.339 e. The number of ether oxygens (including phenoxy) is 1. The van der Waals surface area contributed by atoms with Crippen LogP contribution in [-0.2, 0) is 9.53 Å². The normalized spacial score (nSPS) is 10.0. The van der Waals surface area contributed by atoms with Crippen molar-refractivity contribution in [1.82, 2.24) is 0 Å². The average Bonchev–Trinajstić information content (AvgIpc) is 2.48. The van der Waals surface area contributed by atoms with E-state index in [1.54, 1.807) is 36.4 Å². The molecule has 2 aromatic carbocycles. The number of halogens is 2. The molecule has 6 heteroatoms. The number of carbonyl (C=O) groups is 2. The first-order valence-corrected chi connectivity index (χ1v) is 7.62. The van der Waals surface area contributed by atoms with Gasteiger partial charge in [-0.15, -0.1) is 0 Å². The molecule has 2 rings (SSSR count). The van der Waals surface area contributed by atoms with E-state index in [2.05, 4.69) is 37.2 Å². The highest BCUT2D eigenvalue weighted by Crippen LogP contribution is 2.17. The molecular weight excluding hydrogens is 402 g/mol. The standard InChI is InChI=1S/C15H11Br2NO3/c16-10-5-7-11(8-6-10)18-14(19)9-21-15(20)12-3-1-2-4-13(12)17/h1-8H,9H2,(H,18,19). The van der Waals surface area contributed by atoms with Crippen molar-refractivity contribution >= 4 is 49.4 Å². The second-order valence-corrected chi connectivity index (χ2v) is 5.88. The minimum absolute atomic E-state index is 0.337. The van der Waals surface area contributed by atoms with Crippen LogP contribution in [0, 0.1) is 0 Å². The van der Waals surface area contributed by atoms with Crippen molar-refractivity contribution < 1.29 is 14.3 Å². The van der Waals surface area contributed by atoms with Gasteiger partial charge in [0.15, 0.2) is 6.61 Å². The largest absolute Gasteiger partial charge is 0.452 e. The summed E-state index contributed by atoms with van der Waals surface area (Å²) < 4.78 is 6.52. The number of esters is 1. The lowest BCUT2D eigenvalue weighted by molar-refractivity contribution is -0.119. The minimum Gasteiger partial charge on any atom is -0.452 e. The molecule has 108 valence electrons. The summed E-state index contributed by atoms with van der Waals surface area (Å²) >= 11 is 6.57. The Kier molecular flexibility index (Phi) is 5.52. The molecule has 4 nitrogen and oxygen atoms in total. The first kappa shape index (κ1) is 15.7. The number of hydrogen-bond donors (Lipinski definition) is 1. The van der Waals surface area contributed by atoms with E-state index in [0.717, 1.165) is 4.47 Å². The summed E-state index contributed by atoms with van der Waals surface area (Å²) in [7, 11) is 0. The van der Waals surface area contributed by atoms with Crippen molar-refractivity contribution in [3.63, 3.8) is 0 Å². The predicted molar refractivity (Wildman–Crippen MR) is 87.2 cm³/mol. The molecule has 0 aliphatic heterocycles. The fraction of sp³-hybridized carbons (Fsp3) is 0.0667. The van der Waals surface area contributed by atoms with Gasteiger partial charge < -0.3 is 10.1 Å². The van der Waals surface area contributed by atoms with Crippen LogP contribution in [0.15, 0.2) is 57.5 Å². The Hall–Kier alpha value is -1.66. The molecule has 0 aliphatic carbocycles. The molecule has 2 aromatic rings. The zero-order valence-corrected chi connectivity index (χ0v) is 14.0. The summed E-state index contributed by atoms with van der Waals surface area (Å²) in [5.41, 5.74) is 1.02. The zero-order valence-electron chi connectivity index (χ0n) is 10.8. The van der Waals surface area contributed by atoms with Crippen LogP contribution in [0.5, 0.6) is 0 Å². The maximum absolute atomic E-state index is 11.8. The highest BCUT2D eigenvalue weighted by molar-refractivity contribution is 9.10. The number of rotatable bonds is 4. The molecule has 0 spiro atoms. The summed E-state index contributed by atoms with van der Waals surface area (Å²) in [6, 6.07) is 14.0. The van der Waals surface area contributed by atoms with E-state index in [-0.39, 0.29) is 6.61 Å². The van der Waals surface area contributed by atoms with Crippen LogP contribution in [0.2, 0.25) is 0 Å². The average molecular weight is 413 g/mol. The van der Waals surface area contributed by atoms with Gasteiger partial charge in [0, 0.05) is 14.6 Å². The number of benzene rings is 2. The molecule has 0 atom stereocenters. The molecule has 0 unspecified atom stereocenters. The highest BCUT2D eigenvalue weighted by Gasteiger charge is 2.12. The van der Waals surface area contributed by atoms with E-state index in [4.69, 9.17) is 4.74 Å². The number of nitrogens with one attached hydrogen (secondary N) is 1. The topological polar surface area (TPSA) is 55.4 Å². The highest BCUT2D eigenvalue weighted by atomic mass is 79.9. The van der Waals surface area contributed by atoms with Gasteiger partial charge in [-0.25, -0.2) is 4.79 Å². The molecule has 0 aromatic heterocycles. The van der Waals surface area contributed by atoms with Crippen molar-refractivity contribution in [1.29, 1.82) is 0 Å². The quantitative estimate of drug-likeness (QED) is 0.772. The van der Waals surface area contributed by atoms with E-state index in [0.29, 0.717) is 15.7 Å². The Morgan fingerprint density at radius 1 is 1.00 bits per heavy atom. The van der Waals surface area contributed by atoms with Crippen LogP contribution in [-0.4, -0.2) is 18.5 Å². The molecule has 21 heavy (non-hydrogen) atoms. The van der Waals surface area contributed by atoms with Crippen molar-refractivity contribution in [3.8, 4) is 0 Å². The number of hydrogen-bond acceptors (Lipinski definition) is 3. The molecule has 0 bridgehead atoms. The Morgan fingerprint density at radius 2 is 1.67 bits per heavy atom. The fourth-order valence-electron chi connectivity index (χ4n) is 1.57. The lowest BCUT2D eigenvalue weighted by Crippen LogP contribution is -2.21. The van der Waals surface area contributed by atoms with E-state index in [9.17, 15) is 9.59 Å². The SMILES string of the molecule is O=C(COC(=O)c1ccccc1Br)Nc1ccc(Br)cc1. The Bertz CT molecular complexity index is 656. The van der Waals surface area contributed by atoms with Gasteiger partial charge in [0.05, 0.1) is 5.56 Å². The molecule has 0 saturated heterocycles. The third-order valence-corrected chi connectivity index (χ3v) is 3.78. The summed E-state index contributed by atoms with van der Waals surface area (Å²) in [4.78, 5) is 23.5. The van der Waals surface area contributed by atoms with Crippen molar-refractivity contribution in [2.24, 2.45) is 0 Å². The van der Waals surface area contributed by atoms with Crippen molar-refractivity contribution in [3.05, 3.63) is 63.0 Å². The van der Waals surface area contributed by atoms with Crippen LogP contribution >= 0.6 is 31.9 Å². The summed E-state index contributed by atoms with van der Waals surface area (Å²) in [5.74, 6) is -0.939. The molecule has 0 radical (unpaired) electrons. The van der Waals surface area contributed by atoms with Gasteiger partial charge >= 0.3 is 5.97 Å². The maximum atomic E-state index is 11.8. The predicted octanol–water partition coefficient (Wildman–Crippen LogP) is 4.01. The molecule has 0 heterocycles. The van der Waals surface area contributed by atoms with Gasteiger partial charge in [-0.05, 0) is 52.3 Å². The molecule has 1 N–H and O–H groups in total. The van der Waals surface area contributed by atoms with Crippen LogP contribution < -0.4 is 5.32 Å². The maximum Gasteiger partial charge on any atom is 0.339 e. The fourth-order valence-corrected chi connectivity index (χ4v) is 2.28. The number of amides is 1. The number of carbonyl (C=O) groups excluding carboxylic acids is 2.